The van der Waals surface area contributed by atoms with Crippen LogP contribution in [0.5, 0.6) is 0 Å². The Kier molecular flexibility index (Phi) is 5.20. The number of benzene rings is 2. The van der Waals surface area contributed by atoms with Crippen LogP contribution in [0.15, 0.2) is 47.4 Å². The van der Waals surface area contributed by atoms with Crippen molar-refractivity contribution < 1.29 is 22.8 Å². The van der Waals surface area contributed by atoms with E-state index in [9.17, 15) is 22.8 Å². The van der Waals surface area contributed by atoms with Crippen molar-refractivity contribution in [3.05, 3.63) is 59.2 Å². The predicted octanol–water partition coefficient (Wildman–Crippen LogP) is 1.31. The molecular weight excluding hydrogens is 420 g/mol. The maximum absolute atomic E-state index is 12.9. The minimum absolute atomic E-state index is 0.0335. The Bertz CT molecular complexity index is 1230. The minimum Gasteiger partial charge on any atom is -0.322 e. The van der Waals surface area contributed by atoms with E-state index in [0.29, 0.717) is 16.7 Å². The SMILES string of the molecule is N#CCc1ccc(S(=O)(=O)Nc2ccc3c(c2)C(=O)N(C2CCC(=O)NC2=O)C3)cc1. The third-order valence-electron chi connectivity index (χ3n) is 5.30. The summed E-state index contributed by atoms with van der Waals surface area (Å²) in [6.07, 6.45) is 0.602. The number of amides is 3. The van der Waals surface area contributed by atoms with Gasteiger partial charge in [-0.2, -0.15) is 5.26 Å². The van der Waals surface area contributed by atoms with Gasteiger partial charge in [-0.1, -0.05) is 18.2 Å². The Labute approximate surface area is 178 Å². The molecule has 31 heavy (non-hydrogen) atoms. The molecule has 2 N–H and O–H groups in total. The number of nitrogens with zero attached hydrogens (tertiary/aromatic N) is 2. The van der Waals surface area contributed by atoms with Gasteiger partial charge in [0.05, 0.1) is 17.4 Å². The van der Waals surface area contributed by atoms with E-state index in [1.54, 1.807) is 24.3 Å². The molecule has 1 atom stereocenters. The lowest BCUT2D eigenvalue weighted by molar-refractivity contribution is -0.136. The maximum Gasteiger partial charge on any atom is 0.261 e. The van der Waals surface area contributed by atoms with Crippen molar-refractivity contribution in [3.63, 3.8) is 0 Å². The van der Waals surface area contributed by atoms with Gasteiger partial charge < -0.3 is 4.90 Å². The molecule has 2 aromatic carbocycles. The quantitative estimate of drug-likeness (QED) is 0.676. The fourth-order valence-electron chi connectivity index (χ4n) is 3.71. The van der Waals surface area contributed by atoms with Gasteiger partial charge in [-0.05, 0) is 41.8 Å². The number of piperidine rings is 1. The summed E-state index contributed by atoms with van der Waals surface area (Å²) in [5.41, 5.74) is 1.92. The van der Waals surface area contributed by atoms with Crippen LogP contribution in [-0.4, -0.2) is 37.1 Å². The van der Waals surface area contributed by atoms with Gasteiger partial charge in [0.15, 0.2) is 0 Å². The van der Waals surface area contributed by atoms with Crippen molar-refractivity contribution in [2.75, 3.05) is 4.72 Å². The first-order valence-corrected chi connectivity index (χ1v) is 11.0. The van der Waals surface area contributed by atoms with Gasteiger partial charge in [0, 0.05) is 24.2 Å². The molecule has 2 heterocycles. The highest BCUT2D eigenvalue weighted by Crippen LogP contribution is 2.30. The molecule has 0 radical (unpaired) electrons. The molecule has 10 heteroatoms. The molecule has 0 spiro atoms. The predicted molar refractivity (Wildman–Crippen MR) is 109 cm³/mol. The number of imide groups is 1. The first-order valence-electron chi connectivity index (χ1n) is 9.55. The Morgan fingerprint density at radius 1 is 1.13 bits per heavy atom. The van der Waals surface area contributed by atoms with Crippen LogP contribution in [0.2, 0.25) is 0 Å². The first kappa shape index (κ1) is 20.6. The Morgan fingerprint density at radius 3 is 2.55 bits per heavy atom. The topological polar surface area (TPSA) is 136 Å². The lowest BCUT2D eigenvalue weighted by Gasteiger charge is -2.29. The third-order valence-corrected chi connectivity index (χ3v) is 6.69. The van der Waals surface area contributed by atoms with Crippen molar-refractivity contribution >= 4 is 33.4 Å². The summed E-state index contributed by atoms with van der Waals surface area (Å²) in [4.78, 5) is 37.8. The van der Waals surface area contributed by atoms with Gasteiger partial charge in [0.25, 0.3) is 15.9 Å². The molecule has 0 saturated carbocycles. The molecule has 2 aliphatic rings. The zero-order valence-electron chi connectivity index (χ0n) is 16.3. The van der Waals surface area contributed by atoms with Crippen molar-refractivity contribution in [1.82, 2.24) is 10.2 Å². The summed E-state index contributed by atoms with van der Waals surface area (Å²) in [5, 5.41) is 11.0. The van der Waals surface area contributed by atoms with E-state index in [-0.39, 0.29) is 48.2 Å². The molecule has 1 saturated heterocycles. The number of nitrogens with one attached hydrogen (secondary N) is 2. The van der Waals surface area contributed by atoms with Crippen LogP contribution in [0.25, 0.3) is 0 Å². The van der Waals surface area contributed by atoms with E-state index in [1.165, 1.54) is 23.1 Å². The van der Waals surface area contributed by atoms with Crippen molar-refractivity contribution in [2.45, 2.75) is 36.7 Å². The third kappa shape index (κ3) is 4.00. The van der Waals surface area contributed by atoms with Crippen LogP contribution >= 0.6 is 0 Å². The van der Waals surface area contributed by atoms with Crippen LogP contribution in [0, 0.1) is 11.3 Å². The number of nitriles is 1. The minimum atomic E-state index is -3.89. The Balaban J connectivity index is 1.53. The second kappa shape index (κ2) is 7.85. The molecule has 0 bridgehead atoms. The Morgan fingerprint density at radius 2 is 1.87 bits per heavy atom. The summed E-state index contributed by atoms with van der Waals surface area (Å²) in [7, 11) is -3.89. The van der Waals surface area contributed by atoms with E-state index in [2.05, 4.69) is 10.0 Å². The van der Waals surface area contributed by atoms with Gasteiger partial charge in [-0.3, -0.25) is 24.4 Å². The highest BCUT2D eigenvalue weighted by Gasteiger charge is 2.39. The molecule has 1 unspecified atom stereocenters. The average Bonchev–Trinajstić information content (AvgIpc) is 3.04. The van der Waals surface area contributed by atoms with E-state index >= 15 is 0 Å². The number of rotatable bonds is 5. The molecular formula is C21H18N4O5S. The van der Waals surface area contributed by atoms with E-state index < -0.39 is 22.0 Å². The van der Waals surface area contributed by atoms with Crippen molar-refractivity contribution in [1.29, 1.82) is 5.26 Å². The number of hydrogen-bond donors (Lipinski definition) is 2. The zero-order valence-corrected chi connectivity index (χ0v) is 17.1. The zero-order chi connectivity index (χ0) is 22.2. The fraction of sp³-hybridized carbons (Fsp3) is 0.238. The lowest BCUT2D eigenvalue weighted by Crippen LogP contribution is -2.52. The average molecular weight is 438 g/mol. The number of hydrogen-bond acceptors (Lipinski definition) is 6. The molecule has 158 valence electrons. The highest BCUT2D eigenvalue weighted by molar-refractivity contribution is 7.92. The molecule has 9 nitrogen and oxygen atoms in total. The molecule has 3 amide bonds. The molecule has 0 aliphatic carbocycles. The molecule has 4 rings (SSSR count). The van der Waals surface area contributed by atoms with Gasteiger partial charge in [-0.25, -0.2) is 8.42 Å². The summed E-state index contributed by atoms with van der Waals surface area (Å²) >= 11 is 0. The molecule has 2 aliphatic heterocycles. The Hall–Kier alpha value is -3.71. The van der Waals surface area contributed by atoms with Crippen molar-refractivity contribution in [3.8, 4) is 6.07 Å². The largest absolute Gasteiger partial charge is 0.322 e. The fourth-order valence-corrected chi connectivity index (χ4v) is 4.76. The number of anilines is 1. The van der Waals surface area contributed by atoms with Gasteiger partial charge in [-0.15, -0.1) is 0 Å². The van der Waals surface area contributed by atoms with Crippen LogP contribution < -0.4 is 10.0 Å². The molecule has 2 aromatic rings. The summed E-state index contributed by atoms with van der Waals surface area (Å²) in [6.45, 7) is 0.216. The lowest BCUT2D eigenvalue weighted by atomic mass is 10.0. The van der Waals surface area contributed by atoms with E-state index in [4.69, 9.17) is 5.26 Å². The van der Waals surface area contributed by atoms with Crippen LogP contribution in [0.4, 0.5) is 5.69 Å². The number of fused-ring (bicyclic) bond motifs is 1. The van der Waals surface area contributed by atoms with Crippen LogP contribution in [0.1, 0.15) is 34.3 Å². The number of carbonyl (C=O) groups is 3. The molecule has 1 fully saturated rings. The monoisotopic (exact) mass is 438 g/mol. The van der Waals surface area contributed by atoms with Crippen LogP contribution in [0.3, 0.4) is 0 Å². The standard InChI is InChI=1S/C21H18N4O5S/c22-10-9-13-1-5-16(6-2-13)31(29,30)24-15-4-3-14-12-25(21(28)17(14)11-15)18-7-8-19(26)23-20(18)27/h1-6,11,18,24H,7-9,12H2,(H,23,26,27). The normalized spacial score (nSPS) is 18.4. The number of sulfonamides is 1. The van der Waals surface area contributed by atoms with Gasteiger partial charge in [0.1, 0.15) is 6.04 Å². The van der Waals surface area contributed by atoms with Gasteiger partial charge >= 0.3 is 0 Å². The van der Waals surface area contributed by atoms with Gasteiger partial charge in [0.2, 0.25) is 11.8 Å². The summed E-state index contributed by atoms with van der Waals surface area (Å²) in [5.74, 6) is -1.24. The van der Waals surface area contributed by atoms with Crippen molar-refractivity contribution in [2.24, 2.45) is 0 Å². The second-order valence-corrected chi connectivity index (χ2v) is 9.04. The summed E-state index contributed by atoms with van der Waals surface area (Å²) in [6, 6.07) is 11.9. The summed E-state index contributed by atoms with van der Waals surface area (Å²) < 4.78 is 27.8. The second-order valence-electron chi connectivity index (χ2n) is 7.36. The van der Waals surface area contributed by atoms with E-state index in [1.807, 2.05) is 6.07 Å². The highest BCUT2D eigenvalue weighted by atomic mass is 32.2. The maximum atomic E-state index is 12.9. The van der Waals surface area contributed by atoms with E-state index in [0.717, 1.165) is 0 Å². The molecule has 0 aromatic heterocycles. The first-order chi connectivity index (χ1) is 14.8. The van der Waals surface area contributed by atoms with Crippen LogP contribution in [-0.2, 0) is 32.6 Å². The number of carbonyl (C=O) groups excluding carboxylic acids is 3. The smallest absolute Gasteiger partial charge is 0.261 e.